The van der Waals surface area contributed by atoms with Crippen molar-refractivity contribution >= 4 is 62.8 Å². The summed E-state index contributed by atoms with van der Waals surface area (Å²) in [7, 11) is 0. The number of fused-ring (bicyclic) bond motifs is 1. The number of benzene rings is 1. The highest BCUT2D eigenvalue weighted by atomic mass is 35.5. The summed E-state index contributed by atoms with van der Waals surface area (Å²) in [5.41, 5.74) is 2.70. The molecule has 0 spiro atoms. The molecule has 3 rings (SSSR count). The molecule has 0 saturated carbocycles. The van der Waals surface area contributed by atoms with Crippen molar-refractivity contribution in [2.45, 2.75) is 6.92 Å². The van der Waals surface area contributed by atoms with Crippen molar-refractivity contribution in [3.8, 4) is 0 Å². The van der Waals surface area contributed by atoms with Gasteiger partial charge in [0.1, 0.15) is 9.47 Å². The second kappa shape index (κ2) is 5.16. The molecule has 6 heteroatoms. The highest BCUT2D eigenvalue weighted by molar-refractivity contribution is 8.26. The first-order chi connectivity index (χ1) is 9.52. The Kier molecular flexibility index (Phi) is 3.50. The Morgan fingerprint density at radius 2 is 2.20 bits per heavy atom. The van der Waals surface area contributed by atoms with Crippen LogP contribution in [0.2, 0.25) is 5.15 Å². The molecule has 20 heavy (non-hydrogen) atoms. The number of rotatable bonds is 1. The molecule has 1 N–H and O–H groups in total. The van der Waals surface area contributed by atoms with Crippen LogP contribution in [0.15, 0.2) is 29.2 Å². The molecule has 100 valence electrons. The summed E-state index contributed by atoms with van der Waals surface area (Å²) in [5, 5.41) is 3.94. The molecular weight excluding hydrogens is 312 g/mol. The van der Waals surface area contributed by atoms with Gasteiger partial charge in [0.2, 0.25) is 0 Å². The van der Waals surface area contributed by atoms with Crippen LogP contribution in [-0.2, 0) is 4.79 Å². The number of nitrogens with zero attached hydrogens (tertiary/aromatic N) is 1. The Balaban J connectivity index is 2.12. The van der Waals surface area contributed by atoms with Gasteiger partial charge in [0.05, 0.1) is 10.4 Å². The van der Waals surface area contributed by atoms with E-state index in [-0.39, 0.29) is 5.91 Å². The average Bonchev–Trinajstić information content (AvgIpc) is 2.69. The second-order valence-electron chi connectivity index (χ2n) is 4.42. The van der Waals surface area contributed by atoms with Gasteiger partial charge in [0.15, 0.2) is 0 Å². The summed E-state index contributed by atoms with van der Waals surface area (Å²) < 4.78 is 0.460. The van der Waals surface area contributed by atoms with Crippen LogP contribution in [0, 0.1) is 6.92 Å². The number of aryl methyl sites for hydroxylation is 1. The summed E-state index contributed by atoms with van der Waals surface area (Å²) in [6.45, 7) is 2.02. The first-order valence-electron chi connectivity index (χ1n) is 5.85. The zero-order valence-electron chi connectivity index (χ0n) is 10.4. The lowest BCUT2D eigenvalue weighted by Gasteiger charge is -2.04. The summed E-state index contributed by atoms with van der Waals surface area (Å²) >= 11 is 12.4. The Morgan fingerprint density at radius 3 is 2.90 bits per heavy atom. The van der Waals surface area contributed by atoms with Crippen molar-refractivity contribution in [2.75, 3.05) is 0 Å². The van der Waals surface area contributed by atoms with Gasteiger partial charge in [-0.05, 0) is 31.2 Å². The molecule has 1 aromatic carbocycles. The minimum Gasteiger partial charge on any atom is -0.307 e. The first-order valence-corrected chi connectivity index (χ1v) is 7.45. The number of nitrogens with one attached hydrogen (secondary N) is 1. The SMILES string of the molecule is Cc1ccc2nc(Cl)c(/C=C3/SC(=S)NC3=O)cc2c1. The number of halogens is 1. The van der Waals surface area contributed by atoms with Crippen molar-refractivity contribution in [3.05, 3.63) is 45.5 Å². The van der Waals surface area contributed by atoms with Crippen molar-refractivity contribution in [1.29, 1.82) is 0 Å². The van der Waals surface area contributed by atoms with Crippen molar-refractivity contribution in [3.63, 3.8) is 0 Å². The van der Waals surface area contributed by atoms with E-state index in [1.54, 1.807) is 6.08 Å². The summed E-state index contributed by atoms with van der Waals surface area (Å²) in [6.07, 6.45) is 1.72. The average molecular weight is 321 g/mol. The Labute approximate surface area is 130 Å². The predicted octanol–water partition coefficient (Wildman–Crippen LogP) is 3.69. The maximum absolute atomic E-state index is 11.7. The number of aromatic nitrogens is 1. The van der Waals surface area contributed by atoms with Crippen LogP contribution in [-0.4, -0.2) is 15.2 Å². The standard InChI is InChI=1S/C14H9ClN2OS2/c1-7-2-3-10-8(4-7)5-9(12(15)16-10)6-11-13(18)17-14(19)20-11/h2-6H,1H3,(H,17,18,19)/b11-6+. The van der Waals surface area contributed by atoms with E-state index in [1.165, 1.54) is 11.8 Å². The largest absolute Gasteiger partial charge is 0.307 e. The van der Waals surface area contributed by atoms with E-state index in [4.69, 9.17) is 23.8 Å². The van der Waals surface area contributed by atoms with E-state index in [2.05, 4.69) is 10.3 Å². The highest BCUT2D eigenvalue weighted by Gasteiger charge is 2.22. The van der Waals surface area contributed by atoms with Gasteiger partial charge in [-0.25, -0.2) is 4.98 Å². The molecule has 0 aliphatic carbocycles. The van der Waals surface area contributed by atoms with Crippen LogP contribution in [0.3, 0.4) is 0 Å². The molecule has 1 aromatic heterocycles. The molecule has 1 aliphatic heterocycles. The van der Waals surface area contributed by atoms with Gasteiger partial charge in [0, 0.05) is 10.9 Å². The van der Waals surface area contributed by atoms with E-state index >= 15 is 0 Å². The van der Waals surface area contributed by atoms with Crippen LogP contribution >= 0.6 is 35.6 Å². The molecule has 1 saturated heterocycles. The third-order valence-electron chi connectivity index (χ3n) is 2.88. The van der Waals surface area contributed by atoms with E-state index < -0.39 is 0 Å². The lowest BCUT2D eigenvalue weighted by atomic mass is 10.1. The zero-order chi connectivity index (χ0) is 14.3. The molecule has 1 aliphatic rings. The molecule has 0 radical (unpaired) electrons. The number of thioether (sulfide) groups is 1. The van der Waals surface area contributed by atoms with Gasteiger partial charge in [-0.1, -0.05) is 47.2 Å². The van der Waals surface area contributed by atoms with E-state index in [1.807, 2.05) is 31.2 Å². The van der Waals surface area contributed by atoms with Gasteiger partial charge < -0.3 is 5.32 Å². The number of amides is 1. The fourth-order valence-electron chi connectivity index (χ4n) is 1.95. The fraction of sp³-hybridized carbons (Fsp3) is 0.0714. The number of hydrogen-bond acceptors (Lipinski definition) is 4. The van der Waals surface area contributed by atoms with E-state index in [0.29, 0.717) is 19.9 Å². The fourth-order valence-corrected chi connectivity index (χ4v) is 3.19. The number of hydrogen-bond donors (Lipinski definition) is 1. The van der Waals surface area contributed by atoms with Crippen LogP contribution in [0.5, 0.6) is 0 Å². The Bertz CT molecular complexity index is 786. The number of carbonyl (C=O) groups excluding carboxylic acids is 1. The lowest BCUT2D eigenvalue weighted by Crippen LogP contribution is -2.17. The molecule has 0 bridgehead atoms. The second-order valence-corrected chi connectivity index (χ2v) is 6.49. The minimum absolute atomic E-state index is 0.194. The maximum Gasteiger partial charge on any atom is 0.263 e. The summed E-state index contributed by atoms with van der Waals surface area (Å²) in [6, 6.07) is 7.88. The third-order valence-corrected chi connectivity index (χ3v) is 4.34. The van der Waals surface area contributed by atoms with E-state index in [9.17, 15) is 4.79 Å². The topological polar surface area (TPSA) is 42.0 Å². The van der Waals surface area contributed by atoms with Gasteiger partial charge in [-0.15, -0.1) is 0 Å². The van der Waals surface area contributed by atoms with Gasteiger partial charge in [-0.2, -0.15) is 0 Å². The zero-order valence-corrected chi connectivity index (χ0v) is 12.8. The van der Waals surface area contributed by atoms with Gasteiger partial charge in [0.25, 0.3) is 5.91 Å². The normalized spacial score (nSPS) is 17.0. The van der Waals surface area contributed by atoms with E-state index in [0.717, 1.165) is 16.5 Å². The molecule has 2 heterocycles. The lowest BCUT2D eigenvalue weighted by molar-refractivity contribution is -0.115. The quantitative estimate of drug-likeness (QED) is 0.494. The first kappa shape index (κ1) is 13.5. The molecule has 0 atom stereocenters. The van der Waals surface area contributed by atoms with Crippen LogP contribution in [0.25, 0.3) is 17.0 Å². The van der Waals surface area contributed by atoms with Crippen LogP contribution in [0.4, 0.5) is 0 Å². The van der Waals surface area contributed by atoms with Crippen molar-refractivity contribution < 1.29 is 4.79 Å². The maximum atomic E-state index is 11.7. The third kappa shape index (κ3) is 2.57. The van der Waals surface area contributed by atoms with Crippen molar-refractivity contribution in [2.24, 2.45) is 0 Å². The van der Waals surface area contributed by atoms with Gasteiger partial charge in [-0.3, -0.25) is 4.79 Å². The smallest absolute Gasteiger partial charge is 0.263 e. The number of thiocarbonyl (C=S) groups is 1. The molecule has 1 amide bonds. The molecular formula is C14H9ClN2OS2. The van der Waals surface area contributed by atoms with Crippen LogP contribution in [0.1, 0.15) is 11.1 Å². The predicted molar refractivity (Wildman–Crippen MR) is 87.8 cm³/mol. The Hall–Kier alpha value is -1.43. The van der Waals surface area contributed by atoms with Crippen LogP contribution < -0.4 is 5.32 Å². The molecule has 2 aromatic rings. The molecule has 0 unspecified atom stereocenters. The monoisotopic (exact) mass is 320 g/mol. The van der Waals surface area contributed by atoms with Gasteiger partial charge >= 0.3 is 0 Å². The highest BCUT2D eigenvalue weighted by Crippen LogP contribution is 2.29. The van der Waals surface area contributed by atoms with Crippen molar-refractivity contribution in [1.82, 2.24) is 10.3 Å². The summed E-state index contributed by atoms with van der Waals surface area (Å²) in [4.78, 5) is 16.5. The summed E-state index contributed by atoms with van der Waals surface area (Å²) in [5.74, 6) is -0.194. The number of carbonyl (C=O) groups is 1. The molecule has 1 fully saturated rings. The Morgan fingerprint density at radius 1 is 1.40 bits per heavy atom. The minimum atomic E-state index is -0.194. The number of pyridine rings is 1. The molecule has 3 nitrogen and oxygen atoms in total.